The van der Waals surface area contributed by atoms with Gasteiger partial charge in [0, 0.05) is 20.0 Å². The number of nitriles is 1. The summed E-state index contributed by atoms with van der Waals surface area (Å²) >= 11 is 0. The number of nitrogens with one attached hydrogen (secondary N) is 1. The van der Waals surface area contributed by atoms with Crippen LogP contribution in [0.15, 0.2) is 6.33 Å². The van der Waals surface area contributed by atoms with E-state index in [0.717, 1.165) is 0 Å². The normalized spacial score (nSPS) is 11.0. The number of aromatic nitrogens is 3. The van der Waals surface area contributed by atoms with Crippen molar-refractivity contribution in [3.8, 4) is 6.07 Å². The molecule has 1 amide bonds. The predicted molar refractivity (Wildman–Crippen MR) is 66.3 cm³/mol. The Hall–Kier alpha value is -1.90. The predicted octanol–water partition coefficient (Wildman–Crippen LogP) is 0.804. The van der Waals surface area contributed by atoms with Gasteiger partial charge in [-0.05, 0) is 12.8 Å². The lowest BCUT2D eigenvalue weighted by Gasteiger charge is -2.21. The Morgan fingerprint density at radius 2 is 2.22 bits per heavy atom. The number of carbonyl (C=O) groups excluding carboxylic acids is 1. The highest BCUT2D eigenvalue weighted by molar-refractivity contribution is 5.85. The number of amides is 1. The summed E-state index contributed by atoms with van der Waals surface area (Å²) in [5.74, 6) is 0.485. The molecule has 0 bridgehead atoms. The van der Waals surface area contributed by atoms with Crippen molar-refractivity contribution >= 4 is 5.91 Å². The molecule has 1 rings (SSSR count). The Kier molecular flexibility index (Phi) is 4.84. The van der Waals surface area contributed by atoms with Crippen molar-refractivity contribution in [2.24, 2.45) is 12.5 Å². The topological polar surface area (TPSA) is 83.6 Å². The minimum Gasteiger partial charge on any atom is -0.354 e. The standard InChI is InChI=1S/C12H19N5O/c1-4-12(5-2,8-13)11(18)14-7-6-10-15-9-17(3)16-10/h9H,4-7H2,1-3H3,(H,14,18). The molecular weight excluding hydrogens is 230 g/mol. The monoisotopic (exact) mass is 249 g/mol. The Bertz CT molecular complexity index is 442. The summed E-state index contributed by atoms with van der Waals surface area (Å²) in [6.07, 6.45) is 3.23. The minimum absolute atomic E-state index is 0.203. The van der Waals surface area contributed by atoms with Gasteiger partial charge in [-0.3, -0.25) is 9.48 Å². The lowest BCUT2D eigenvalue weighted by molar-refractivity contribution is -0.128. The highest BCUT2D eigenvalue weighted by Crippen LogP contribution is 2.25. The maximum absolute atomic E-state index is 12.0. The van der Waals surface area contributed by atoms with Crippen LogP contribution >= 0.6 is 0 Å². The van der Waals surface area contributed by atoms with Crippen molar-refractivity contribution in [1.29, 1.82) is 5.26 Å². The first-order chi connectivity index (χ1) is 8.57. The van der Waals surface area contributed by atoms with Crippen molar-refractivity contribution in [2.75, 3.05) is 6.54 Å². The molecule has 0 saturated carbocycles. The molecule has 0 aliphatic rings. The van der Waals surface area contributed by atoms with Crippen LogP contribution in [0.4, 0.5) is 0 Å². The third-order valence-corrected chi connectivity index (χ3v) is 3.14. The van der Waals surface area contributed by atoms with Crippen molar-refractivity contribution in [3.63, 3.8) is 0 Å². The molecule has 0 saturated heterocycles. The van der Waals surface area contributed by atoms with Crippen molar-refractivity contribution in [1.82, 2.24) is 20.1 Å². The van der Waals surface area contributed by atoms with Crippen LogP contribution in [-0.2, 0) is 18.3 Å². The Morgan fingerprint density at radius 3 is 2.67 bits per heavy atom. The van der Waals surface area contributed by atoms with Gasteiger partial charge in [-0.1, -0.05) is 13.8 Å². The van der Waals surface area contributed by atoms with E-state index in [4.69, 9.17) is 5.26 Å². The van der Waals surface area contributed by atoms with Gasteiger partial charge in [-0.15, -0.1) is 0 Å². The second-order valence-corrected chi connectivity index (χ2v) is 4.24. The van der Waals surface area contributed by atoms with E-state index in [-0.39, 0.29) is 5.91 Å². The molecule has 0 spiro atoms. The fourth-order valence-electron chi connectivity index (χ4n) is 1.74. The van der Waals surface area contributed by atoms with Gasteiger partial charge >= 0.3 is 0 Å². The number of hydrogen-bond donors (Lipinski definition) is 1. The molecule has 0 unspecified atom stereocenters. The van der Waals surface area contributed by atoms with Crippen LogP contribution in [0.2, 0.25) is 0 Å². The number of hydrogen-bond acceptors (Lipinski definition) is 4. The first kappa shape index (κ1) is 14.2. The number of rotatable bonds is 6. The fraction of sp³-hybridized carbons (Fsp3) is 0.667. The molecule has 6 nitrogen and oxygen atoms in total. The molecule has 0 aliphatic carbocycles. The number of aryl methyl sites for hydroxylation is 1. The molecule has 0 fully saturated rings. The number of carbonyl (C=O) groups is 1. The van der Waals surface area contributed by atoms with E-state index in [1.54, 1.807) is 18.1 Å². The first-order valence-electron chi connectivity index (χ1n) is 6.12. The van der Waals surface area contributed by atoms with Crippen LogP contribution in [0.25, 0.3) is 0 Å². The zero-order valence-corrected chi connectivity index (χ0v) is 11.1. The van der Waals surface area contributed by atoms with E-state index < -0.39 is 5.41 Å². The van der Waals surface area contributed by atoms with Gasteiger partial charge < -0.3 is 5.32 Å². The quantitative estimate of drug-likeness (QED) is 0.808. The summed E-state index contributed by atoms with van der Waals surface area (Å²) < 4.78 is 1.62. The second-order valence-electron chi connectivity index (χ2n) is 4.24. The highest BCUT2D eigenvalue weighted by Gasteiger charge is 2.34. The Balaban J connectivity index is 2.48. The second kappa shape index (κ2) is 6.15. The molecule has 0 atom stereocenters. The summed E-state index contributed by atoms with van der Waals surface area (Å²) in [5.41, 5.74) is -0.905. The third-order valence-electron chi connectivity index (χ3n) is 3.14. The van der Waals surface area contributed by atoms with Crippen LogP contribution < -0.4 is 5.32 Å². The van der Waals surface area contributed by atoms with Gasteiger partial charge in [0.1, 0.15) is 11.7 Å². The maximum atomic E-state index is 12.0. The molecule has 1 heterocycles. The van der Waals surface area contributed by atoms with E-state index >= 15 is 0 Å². The van der Waals surface area contributed by atoms with E-state index in [9.17, 15) is 4.79 Å². The minimum atomic E-state index is -0.905. The zero-order chi connectivity index (χ0) is 13.6. The lowest BCUT2D eigenvalue weighted by Crippen LogP contribution is -2.40. The van der Waals surface area contributed by atoms with Gasteiger partial charge in [0.05, 0.1) is 6.07 Å². The SMILES string of the molecule is CCC(C#N)(CC)C(=O)NCCc1ncn(C)n1. The average Bonchev–Trinajstić information content (AvgIpc) is 2.78. The van der Waals surface area contributed by atoms with Crippen molar-refractivity contribution in [3.05, 3.63) is 12.2 Å². The molecule has 1 aromatic rings. The van der Waals surface area contributed by atoms with Gasteiger partial charge in [0.25, 0.3) is 0 Å². The molecule has 6 heteroatoms. The summed E-state index contributed by atoms with van der Waals surface area (Å²) in [6, 6.07) is 2.12. The van der Waals surface area contributed by atoms with Crippen molar-refractivity contribution in [2.45, 2.75) is 33.1 Å². The van der Waals surface area contributed by atoms with E-state index in [1.807, 2.05) is 13.8 Å². The van der Waals surface area contributed by atoms with Gasteiger partial charge in [-0.25, -0.2) is 4.98 Å². The van der Waals surface area contributed by atoms with Crippen LogP contribution in [0.3, 0.4) is 0 Å². The molecule has 1 N–H and O–H groups in total. The van der Waals surface area contributed by atoms with Crippen LogP contribution in [0.5, 0.6) is 0 Å². The first-order valence-corrected chi connectivity index (χ1v) is 6.12. The molecule has 0 aromatic carbocycles. The molecule has 0 radical (unpaired) electrons. The average molecular weight is 249 g/mol. The Labute approximate surface area is 107 Å². The van der Waals surface area contributed by atoms with E-state index in [1.165, 1.54) is 0 Å². The summed E-state index contributed by atoms with van der Waals surface area (Å²) in [4.78, 5) is 16.0. The van der Waals surface area contributed by atoms with Crippen LogP contribution in [0.1, 0.15) is 32.5 Å². The molecule has 1 aromatic heterocycles. The lowest BCUT2D eigenvalue weighted by atomic mass is 9.83. The smallest absolute Gasteiger partial charge is 0.240 e. The summed E-state index contributed by atoms with van der Waals surface area (Å²) in [6.45, 7) is 4.16. The summed E-state index contributed by atoms with van der Waals surface area (Å²) in [7, 11) is 1.80. The summed E-state index contributed by atoms with van der Waals surface area (Å²) in [5, 5.41) is 16.0. The Morgan fingerprint density at radius 1 is 1.56 bits per heavy atom. The molecular formula is C12H19N5O. The molecule has 18 heavy (non-hydrogen) atoms. The van der Waals surface area contributed by atoms with Crippen LogP contribution in [0, 0.1) is 16.7 Å². The molecule has 98 valence electrons. The molecule has 0 aliphatic heterocycles. The number of nitrogens with zero attached hydrogens (tertiary/aromatic N) is 4. The largest absolute Gasteiger partial charge is 0.354 e. The van der Waals surface area contributed by atoms with Gasteiger partial charge in [0.15, 0.2) is 5.82 Å². The maximum Gasteiger partial charge on any atom is 0.240 e. The van der Waals surface area contributed by atoms with E-state index in [0.29, 0.717) is 31.6 Å². The van der Waals surface area contributed by atoms with Crippen LogP contribution in [-0.4, -0.2) is 27.2 Å². The zero-order valence-electron chi connectivity index (χ0n) is 11.1. The van der Waals surface area contributed by atoms with Gasteiger partial charge in [-0.2, -0.15) is 10.4 Å². The highest BCUT2D eigenvalue weighted by atomic mass is 16.2. The van der Waals surface area contributed by atoms with Crippen molar-refractivity contribution < 1.29 is 4.79 Å². The fourth-order valence-corrected chi connectivity index (χ4v) is 1.74. The van der Waals surface area contributed by atoms with Gasteiger partial charge in [0.2, 0.25) is 5.91 Å². The van der Waals surface area contributed by atoms with E-state index in [2.05, 4.69) is 21.5 Å². The third kappa shape index (κ3) is 3.06.